The van der Waals surface area contributed by atoms with Crippen molar-refractivity contribution in [3.63, 3.8) is 0 Å². The predicted octanol–water partition coefficient (Wildman–Crippen LogP) is 8.33. The summed E-state index contributed by atoms with van der Waals surface area (Å²) in [6, 6.07) is 10.1. The molecule has 6 heteroatoms. The molecule has 0 amide bonds. The number of rotatable bonds is 20. The molecular formula is C34H57N2O3S+. The molecule has 0 aliphatic heterocycles. The second-order valence-electron chi connectivity index (χ2n) is 12.4. The fraction of sp³-hybridized carbons (Fsp3) is 0.676. The minimum atomic E-state index is -3.43. The van der Waals surface area contributed by atoms with E-state index in [1.165, 1.54) is 76.9 Å². The van der Waals surface area contributed by atoms with Crippen molar-refractivity contribution in [3.05, 3.63) is 59.4 Å². The Balaban J connectivity index is 1.97. The highest BCUT2D eigenvalue weighted by Gasteiger charge is 2.25. The second-order valence-corrected chi connectivity index (χ2v) is 14.3. The number of aryl methyl sites for hydroxylation is 1. The van der Waals surface area contributed by atoms with E-state index in [0.29, 0.717) is 13.2 Å². The number of sulfonamides is 1. The first-order valence-electron chi connectivity index (χ1n) is 15.7. The number of pyridine rings is 1. The third-order valence-corrected chi connectivity index (χ3v) is 8.80. The number of benzene rings is 1. The number of ether oxygens (including phenoxy) is 1. The van der Waals surface area contributed by atoms with Gasteiger partial charge in [0.15, 0.2) is 12.4 Å². The van der Waals surface area contributed by atoms with Crippen molar-refractivity contribution in [3.8, 4) is 5.75 Å². The molecule has 0 bridgehead atoms. The molecule has 0 fully saturated rings. The Bertz CT molecular complexity index is 1090. The molecule has 2 aromatic rings. The monoisotopic (exact) mass is 573 g/mol. The standard InChI is InChI=1S/C34H57N2O3S/c1-7-9-10-11-12-13-14-15-16-17-18-19-26-39-33-31(23-20-24-32(33)34(3,4)5)29-36(40(6,37)38)28-30-22-21-25-35(8-2)27-30/h20-25,27H,7-19,26,28-29H2,1-6H3/q+1. The van der Waals surface area contributed by atoms with E-state index in [4.69, 9.17) is 4.74 Å². The van der Waals surface area contributed by atoms with E-state index < -0.39 is 10.0 Å². The highest BCUT2D eigenvalue weighted by molar-refractivity contribution is 7.88. The number of hydrogen-bond acceptors (Lipinski definition) is 3. The Morgan fingerprint density at radius 2 is 1.40 bits per heavy atom. The first-order chi connectivity index (χ1) is 19.1. The summed E-state index contributed by atoms with van der Waals surface area (Å²) in [6.45, 7) is 13.0. The molecule has 0 N–H and O–H groups in total. The zero-order chi connectivity index (χ0) is 29.4. The van der Waals surface area contributed by atoms with Gasteiger partial charge in [-0.1, -0.05) is 117 Å². The highest BCUT2D eigenvalue weighted by atomic mass is 32.2. The Morgan fingerprint density at radius 1 is 0.800 bits per heavy atom. The van der Waals surface area contributed by atoms with E-state index in [9.17, 15) is 8.42 Å². The Labute approximate surface area is 246 Å². The van der Waals surface area contributed by atoms with E-state index in [2.05, 4.69) is 45.3 Å². The smallest absolute Gasteiger partial charge is 0.211 e. The molecule has 1 aromatic carbocycles. The molecule has 0 atom stereocenters. The van der Waals surface area contributed by atoms with Gasteiger partial charge in [-0.2, -0.15) is 4.31 Å². The number of unbranched alkanes of at least 4 members (excludes halogenated alkanes) is 11. The molecule has 40 heavy (non-hydrogen) atoms. The zero-order valence-electron chi connectivity index (χ0n) is 26.4. The van der Waals surface area contributed by atoms with Gasteiger partial charge >= 0.3 is 0 Å². The van der Waals surface area contributed by atoms with Gasteiger partial charge in [0.05, 0.1) is 12.9 Å². The van der Waals surface area contributed by atoms with Crippen molar-refractivity contribution in [1.82, 2.24) is 4.31 Å². The summed E-state index contributed by atoms with van der Waals surface area (Å²) in [7, 11) is -3.43. The van der Waals surface area contributed by atoms with Crippen molar-refractivity contribution in [2.45, 2.75) is 137 Å². The average Bonchev–Trinajstić information content (AvgIpc) is 2.90. The van der Waals surface area contributed by atoms with Crippen LogP contribution in [0.1, 0.15) is 128 Å². The molecule has 0 saturated heterocycles. The van der Waals surface area contributed by atoms with Gasteiger partial charge in [0.2, 0.25) is 10.0 Å². The lowest BCUT2D eigenvalue weighted by molar-refractivity contribution is -0.694. The number of para-hydroxylation sites is 1. The first kappa shape index (κ1) is 34.3. The summed E-state index contributed by atoms with van der Waals surface area (Å²) in [5, 5.41) is 0. The molecule has 0 saturated carbocycles. The van der Waals surface area contributed by atoms with Gasteiger partial charge in [-0.3, -0.25) is 0 Å². The van der Waals surface area contributed by atoms with Gasteiger partial charge < -0.3 is 4.74 Å². The van der Waals surface area contributed by atoms with Crippen molar-refractivity contribution in [2.24, 2.45) is 0 Å². The fourth-order valence-electron chi connectivity index (χ4n) is 5.14. The number of nitrogens with zero attached hydrogens (tertiary/aromatic N) is 2. The SMILES string of the molecule is CCCCCCCCCCCCCCOc1c(CN(Cc2ccc[n+](CC)c2)S(C)(=O)=O)cccc1C(C)(C)C. The van der Waals surface area contributed by atoms with Crippen LogP contribution < -0.4 is 9.30 Å². The summed E-state index contributed by atoms with van der Waals surface area (Å²) < 4.78 is 35.8. The Morgan fingerprint density at radius 3 is 1.95 bits per heavy atom. The molecule has 0 spiro atoms. The quantitative estimate of drug-likeness (QED) is 0.118. The maximum absolute atomic E-state index is 12.9. The fourth-order valence-corrected chi connectivity index (χ4v) is 5.90. The molecule has 0 aliphatic carbocycles. The van der Waals surface area contributed by atoms with Crippen LogP contribution in [0.2, 0.25) is 0 Å². The summed E-state index contributed by atoms with van der Waals surface area (Å²) in [4.78, 5) is 0. The second kappa shape index (κ2) is 17.8. The Kier molecular flexibility index (Phi) is 15.3. The van der Waals surface area contributed by atoms with Crippen LogP contribution in [0.4, 0.5) is 0 Å². The summed E-state index contributed by atoms with van der Waals surface area (Å²) in [6.07, 6.45) is 21.0. The highest BCUT2D eigenvalue weighted by Crippen LogP contribution is 2.35. The van der Waals surface area contributed by atoms with Gasteiger partial charge in [0.25, 0.3) is 0 Å². The van der Waals surface area contributed by atoms with Crippen molar-refractivity contribution >= 4 is 10.0 Å². The van der Waals surface area contributed by atoms with Crippen LogP contribution in [0, 0.1) is 0 Å². The third-order valence-electron chi connectivity index (χ3n) is 7.61. The molecule has 5 nitrogen and oxygen atoms in total. The maximum Gasteiger partial charge on any atom is 0.211 e. The van der Waals surface area contributed by atoms with Gasteiger partial charge in [-0.15, -0.1) is 0 Å². The van der Waals surface area contributed by atoms with Gasteiger partial charge in [0.1, 0.15) is 12.3 Å². The predicted molar refractivity (Wildman–Crippen MR) is 168 cm³/mol. The van der Waals surface area contributed by atoms with Crippen LogP contribution in [0.25, 0.3) is 0 Å². The molecule has 0 unspecified atom stereocenters. The molecule has 226 valence electrons. The van der Waals surface area contributed by atoms with E-state index in [-0.39, 0.29) is 12.0 Å². The number of hydrogen-bond donors (Lipinski definition) is 0. The summed E-state index contributed by atoms with van der Waals surface area (Å²) >= 11 is 0. The minimum Gasteiger partial charge on any atom is -0.493 e. The van der Waals surface area contributed by atoms with Gasteiger partial charge in [0, 0.05) is 30.3 Å². The Hall–Kier alpha value is -1.92. The largest absolute Gasteiger partial charge is 0.493 e. The lowest BCUT2D eigenvalue weighted by Gasteiger charge is -2.27. The lowest BCUT2D eigenvalue weighted by atomic mass is 9.85. The van der Waals surface area contributed by atoms with Crippen molar-refractivity contribution in [1.29, 1.82) is 0 Å². The van der Waals surface area contributed by atoms with Gasteiger partial charge in [-0.25, -0.2) is 13.0 Å². The van der Waals surface area contributed by atoms with Gasteiger partial charge in [-0.05, 0) is 30.4 Å². The van der Waals surface area contributed by atoms with Crippen LogP contribution in [0.5, 0.6) is 5.75 Å². The summed E-state index contributed by atoms with van der Waals surface area (Å²) in [5.74, 6) is 0.850. The normalized spacial score (nSPS) is 12.3. The molecular weight excluding hydrogens is 516 g/mol. The topological polar surface area (TPSA) is 50.5 Å². The van der Waals surface area contributed by atoms with Crippen molar-refractivity contribution < 1.29 is 17.7 Å². The van der Waals surface area contributed by atoms with Crippen molar-refractivity contribution in [2.75, 3.05) is 12.9 Å². The zero-order valence-corrected chi connectivity index (χ0v) is 27.2. The van der Waals surface area contributed by atoms with E-state index in [1.807, 2.05) is 36.7 Å². The first-order valence-corrected chi connectivity index (χ1v) is 17.6. The summed E-state index contributed by atoms with van der Waals surface area (Å²) in [5.41, 5.74) is 2.92. The molecule has 2 rings (SSSR count). The van der Waals surface area contributed by atoms with Crippen LogP contribution in [0.3, 0.4) is 0 Å². The van der Waals surface area contributed by atoms with Crippen LogP contribution in [-0.4, -0.2) is 25.6 Å². The molecule has 1 heterocycles. The number of aromatic nitrogens is 1. The van der Waals surface area contributed by atoms with Crippen LogP contribution in [-0.2, 0) is 35.1 Å². The van der Waals surface area contributed by atoms with E-state index in [1.54, 1.807) is 4.31 Å². The average molecular weight is 574 g/mol. The molecule has 1 aromatic heterocycles. The molecule has 0 radical (unpaired) electrons. The lowest BCUT2D eigenvalue weighted by Crippen LogP contribution is -2.34. The maximum atomic E-state index is 12.9. The third kappa shape index (κ3) is 12.7. The minimum absolute atomic E-state index is 0.107. The van der Waals surface area contributed by atoms with Crippen LogP contribution in [0.15, 0.2) is 42.7 Å². The van der Waals surface area contributed by atoms with Crippen LogP contribution >= 0.6 is 0 Å². The van der Waals surface area contributed by atoms with E-state index >= 15 is 0 Å². The van der Waals surface area contributed by atoms with E-state index in [0.717, 1.165) is 35.4 Å². The molecule has 0 aliphatic rings.